The molecule has 0 spiro atoms. The number of benzene rings is 1. The second-order valence-electron chi connectivity index (χ2n) is 6.57. The first kappa shape index (κ1) is 14.9. The highest BCUT2D eigenvalue weighted by molar-refractivity contribution is 5.95. The third-order valence-electron chi connectivity index (χ3n) is 4.90. The molecule has 2 heterocycles. The van der Waals surface area contributed by atoms with E-state index in [0.717, 1.165) is 11.9 Å². The van der Waals surface area contributed by atoms with Gasteiger partial charge >= 0.3 is 0 Å². The van der Waals surface area contributed by atoms with Crippen molar-refractivity contribution < 1.29 is 4.79 Å². The van der Waals surface area contributed by atoms with Crippen LogP contribution >= 0.6 is 0 Å². The van der Waals surface area contributed by atoms with E-state index in [2.05, 4.69) is 28.5 Å². The predicted molar refractivity (Wildman–Crippen MR) is 94.2 cm³/mol. The van der Waals surface area contributed by atoms with Crippen LogP contribution in [-0.4, -0.2) is 15.3 Å². The van der Waals surface area contributed by atoms with E-state index < -0.39 is 0 Å². The molecule has 0 radical (unpaired) electrons. The van der Waals surface area contributed by atoms with Crippen molar-refractivity contribution in [2.24, 2.45) is 0 Å². The van der Waals surface area contributed by atoms with Gasteiger partial charge in [0.2, 0.25) is 0 Å². The van der Waals surface area contributed by atoms with Crippen molar-refractivity contribution in [1.29, 1.82) is 0 Å². The van der Waals surface area contributed by atoms with Crippen molar-refractivity contribution in [3.63, 3.8) is 0 Å². The highest BCUT2D eigenvalue weighted by atomic mass is 16.1. The Morgan fingerprint density at radius 3 is 2.88 bits per heavy atom. The smallest absolute Gasteiger partial charge is 0.251 e. The van der Waals surface area contributed by atoms with Crippen molar-refractivity contribution in [3.05, 3.63) is 71.3 Å². The Bertz CT molecular complexity index is 897. The van der Waals surface area contributed by atoms with Gasteiger partial charge in [0.25, 0.3) is 5.91 Å². The number of hydrogen-bond donors (Lipinski definition) is 1. The number of aryl methyl sites for hydroxylation is 2. The number of amides is 1. The van der Waals surface area contributed by atoms with Crippen molar-refractivity contribution in [3.8, 4) is 0 Å². The molecule has 4 heteroatoms. The van der Waals surface area contributed by atoms with E-state index in [9.17, 15) is 4.79 Å². The molecule has 0 saturated heterocycles. The van der Waals surface area contributed by atoms with Gasteiger partial charge in [-0.2, -0.15) is 0 Å². The molecule has 1 atom stereocenters. The first-order valence-electron chi connectivity index (χ1n) is 8.55. The maximum atomic E-state index is 12.5. The maximum absolute atomic E-state index is 12.5. The van der Waals surface area contributed by atoms with Crippen molar-refractivity contribution >= 4 is 11.4 Å². The highest BCUT2D eigenvalue weighted by Crippen LogP contribution is 2.25. The summed E-state index contributed by atoms with van der Waals surface area (Å²) in [7, 11) is 0. The van der Waals surface area contributed by atoms with Crippen LogP contribution in [-0.2, 0) is 12.8 Å². The van der Waals surface area contributed by atoms with Gasteiger partial charge in [-0.1, -0.05) is 18.2 Å². The van der Waals surface area contributed by atoms with Crippen LogP contribution in [0.5, 0.6) is 0 Å². The molecule has 0 saturated carbocycles. The molecule has 1 aromatic carbocycles. The van der Waals surface area contributed by atoms with Gasteiger partial charge in [0.1, 0.15) is 0 Å². The predicted octanol–water partition coefficient (Wildman–Crippen LogP) is 3.70. The number of hydrogen-bond acceptors (Lipinski definition) is 2. The molecule has 122 valence electrons. The number of nitrogens with one attached hydrogen (secondary N) is 1. The number of rotatable bonds is 3. The minimum absolute atomic E-state index is 0.00846. The molecule has 1 amide bonds. The standard InChI is InChI=1S/C20H21N3O/c1-14(16-7-6-15-4-2-3-5-17(15)10-16)22-20(24)18-8-9-23-13-21-12-19(23)11-18/h6-14H,2-5H2,1H3,(H,22,24). The summed E-state index contributed by atoms with van der Waals surface area (Å²) in [5.41, 5.74) is 5.67. The van der Waals surface area contributed by atoms with Gasteiger partial charge < -0.3 is 9.72 Å². The molecule has 1 unspecified atom stereocenters. The number of imidazole rings is 1. The maximum Gasteiger partial charge on any atom is 0.251 e. The summed E-state index contributed by atoms with van der Waals surface area (Å²) in [6.45, 7) is 2.04. The zero-order valence-corrected chi connectivity index (χ0v) is 13.8. The average Bonchev–Trinajstić information content (AvgIpc) is 3.08. The number of carbonyl (C=O) groups is 1. The van der Waals surface area contributed by atoms with Gasteiger partial charge in [-0.05, 0) is 61.4 Å². The monoisotopic (exact) mass is 319 g/mol. The lowest BCUT2D eigenvalue weighted by atomic mass is 9.89. The van der Waals surface area contributed by atoms with E-state index in [4.69, 9.17) is 0 Å². The molecule has 2 aromatic heterocycles. The lowest BCUT2D eigenvalue weighted by Crippen LogP contribution is -2.27. The molecule has 0 fully saturated rings. The van der Waals surface area contributed by atoms with Crippen LogP contribution in [0.4, 0.5) is 0 Å². The summed E-state index contributed by atoms with van der Waals surface area (Å²) in [5.74, 6) is -0.0519. The Labute approximate surface area is 141 Å². The third-order valence-corrected chi connectivity index (χ3v) is 4.90. The summed E-state index contributed by atoms with van der Waals surface area (Å²) < 4.78 is 1.89. The minimum atomic E-state index is -0.0519. The first-order valence-corrected chi connectivity index (χ1v) is 8.55. The molecule has 4 rings (SSSR count). The van der Waals surface area contributed by atoms with Crippen LogP contribution in [0.25, 0.3) is 5.52 Å². The van der Waals surface area contributed by atoms with Crippen LogP contribution in [0.3, 0.4) is 0 Å². The fraction of sp³-hybridized carbons (Fsp3) is 0.300. The fourth-order valence-corrected chi connectivity index (χ4v) is 3.45. The molecule has 24 heavy (non-hydrogen) atoms. The SMILES string of the molecule is CC(NC(=O)c1ccn2cncc2c1)c1ccc2c(c1)CCCC2. The molecule has 1 aliphatic rings. The van der Waals surface area contributed by atoms with Gasteiger partial charge in [-0.15, -0.1) is 0 Å². The van der Waals surface area contributed by atoms with Gasteiger partial charge in [-0.25, -0.2) is 4.98 Å². The van der Waals surface area contributed by atoms with E-state index >= 15 is 0 Å². The fourth-order valence-electron chi connectivity index (χ4n) is 3.45. The second kappa shape index (κ2) is 6.11. The second-order valence-corrected chi connectivity index (χ2v) is 6.57. The molecule has 3 aromatic rings. The number of fused-ring (bicyclic) bond motifs is 2. The first-order chi connectivity index (χ1) is 11.7. The zero-order valence-electron chi connectivity index (χ0n) is 13.8. The van der Waals surface area contributed by atoms with E-state index in [1.165, 1.54) is 36.0 Å². The number of carbonyl (C=O) groups excluding carboxylic acids is 1. The summed E-state index contributed by atoms with van der Waals surface area (Å²) in [5, 5.41) is 3.11. The molecular formula is C20H21N3O. The topological polar surface area (TPSA) is 46.4 Å². The van der Waals surface area contributed by atoms with Crippen molar-refractivity contribution in [2.45, 2.75) is 38.6 Å². The van der Waals surface area contributed by atoms with Crippen LogP contribution in [0.2, 0.25) is 0 Å². The van der Waals surface area contributed by atoms with E-state index in [0.29, 0.717) is 5.56 Å². The summed E-state index contributed by atoms with van der Waals surface area (Å²) in [6, 6.07) is 10.3. The van der Waals surface area contributed by atoms with E-state index in [1.807, 2.05) is 29.7 Å². The van der Waals surface area contributed by atoms with Gasteiger partial charge in [-0.3, -0.25) is 4.79 Å². The Kier molecular flexibility index (Phi) is 3.81. The van der Waals surface area contributed by atoms with Gasteiger partial charge in [0.05, 0.1) is 24.1 Å². The Morgan fingerprint density at radius 1 is 1.17 bits per heavy atom. The quantitative estimate of drug-likeness (QED) is 0.800. The molecule has 0 bridgehead atoms. The number of pyridine rings is 1. The van der Waals surface area contributed by atoms with Crippen LogP contribution in [0, 0.1) is 0 Å². The lowest BCUT2D eigenvalue weighted by Gasteiger charge is -2.20. The average molecular weight is 319 g/mol. The summed E-state index contributed by atoms with van der Waals surface area (Å²) in [6.07, 6.45) is 10.2. The number of aromatic nitrogens is 2. The van der Waals surface area contributed by atoms with E-state index in [-0.39, 0.29) is 11.9 Å². The molecule has 4 nitrogen and oxygen atoms in total. The Morgan fingerprint density at radius 2 is 2.00 bits per heavy atom. The molecule has 1 aliphatic carbocycles. The van der Waals surface area contributed by atoms with E-state index in [1.54, 1.807) is 12.5 Å². The third kappa shape index (κ3) is 2.80. The highest BCUT2D eigenvalue weighted by Gasteiger charge is 2.15. The van der Waals surface area contributed by atoms with Crippen molar-refractivity contribution in [2.75, 3.05) is 0 Å². The molecular weight excluding hydrogens is 298 g/mol. The van der Waals surface area contributed by atoms with Gasteiger partial charge in [0, 0.05) is 11.8 Å². The zero-order chi connectivity index (χ0) is 16.5. The van der Waals surface area contributed by atoms with Crippen LogP contribution < -0.4 is 5.32 Å². The van der Waals surface area contributed by atoms with Crippen molar-refractivity contribution in [1.82, 2.24) is 14.7 Å². The normalized spacial score (nSPS) is 15.0. The van der Waals surface area contributed by atoms with Gasteiger partial charge in [0.15, 0.2) is 0 Å². The summed E-state index contributed by atoms with van der Waals surface area (Å²) in [4.78, 5) is 16.6. The number of nitrogens with zero attached hydrogens (tertiary/aromatic N) is 2. The van der Waals surface area contributed by atoms with Crippen LogP contribution in [0.1, 0.15) is 52.9 Å². The molecule has 1 N–H and O–H groups in total. The summed E-state index contributed by atoms with van der Waals surface area (Å²) >= 11 is 0. The minimum Gasteiger partial charge on any atom is -0.346 e. The lowest BCUT2D eigenvalue weighted by molar-refractivity contribution is 0.0940. The Hall–Kier alpha value is -2.62. The largest absolute Gasteiger partial charge is 0.346 e. The van der Waals surface area contributed by atoms with Crippen LogP contribution in [0.15, 0.2) is 49.1 Å². The Balaban J connectivity index is 1.52. The molecule has 0 aliphatic heterocycles.